The Bertz CT molecular complexity index is 983. The van der Waals surface area contributed by atoms with Crippen LogP contribution < -0.4 is 10.2 Å². The molecule has 2 aromatic rings. The fourth-order valence-corrected chi connectivity index (χ4v) is 6.68. The fraction of sp³-hybridized carbons (Fsp3) is 0.458. The third-order valence-electron chi connectivity index (χ3n) is 5.96. The van der Waals surface area contributed by atoms with Crippen LogP contribution in [-0.2, 0) is 21.1 Å². The number of methoxy groups -OCH3 is 1. The van der Waals surface area contributed by atoms with Gasteiger partial charge in [0.2, 0.25) is 0 Å². The molecule has 2 rings (SSSR count). The number of carbonyl (C=O) groups excluding carboxylic acids is 1. The summed E-state index contributed by atoms with van der Waals surface area (Å²) in [5.74, 6) is -0.459. The minimum atomic E-state index is -4.28. The van der Waals surface area contributed by atoms with Gasteiger partial charge in [0.1, 0.15) is 5.75 Å². The minimum absolute atomic E-state index is 0.0165. The van der Waals surface area contributed by atoms with E-state index in [0.29, 0.717) is 11.3 Å². The summed E-state index contributed by atoms with van der Waals surface area (Å²) >= 11 is 0. The number of rotatable bonds is 10. The molecule has 0 aromatic heterocycles. The average molecular weight is 463 g/mol. The monoisotopic (exact) mass is 462 g/mol. The summed E-state index contributed by atoms with van der Waals surface area (Å²) in [6, 6.07) is 14.1. The second kappa shape index (κ2) is 10.5. The van der Waals surface area contributed by atoms with Crippen molar-refractivity contribution in [2.45, 2.75) is 68.8 Å². The minimum Gasteiger partial charge on any atom is -0.497 e. The Hall–Kier alpha value is -2.42. The molecule has 0 saturated heterocycles. The first-order valence-corrected chi connectivity index (χ1v) is 12.2. The number of sulfone groups is 1. The first-order valence-electron chi connectivity index (χ1n) is 10.7. The van der Waals surface area contributed by atoms with E-state index >= 15 is 0 Å². The molecule has 2 N–H and O–H groups in total. The molecule has 0 aliphatic heterocycles. The summed E-state index contributed by atoms with van der Waals surface area (Å²) in [4.78, 5) is 15.3. The lowest BCUT2D eigenvalue weighted by Crippen LogP contribution is -2.66. The second-order valence-electron chi connectivity index (χ2n) is 8.48. The Balaban J connectivity index is 2.84. The Morgan fingerprint density at radius 3 is 1.97 bits per heavy atom. The lowest BCUT2D eigenvalue weighted by atomic mass is 9.88. The van der Waals surface area contributed by atoms with Crippen molar-refractivity contribution >= 4 is 15.7 Å². The first-order chi connectivity index (χ1) is 15.0. The molecule has 8 heteroatoms. The standard InChI is InChI=1S/C24H34N2O5S/c1-17(2)26(18(3)4)19(5)24(23(27)25-28,16-20-10-8-7-9-11-20)32(29,30)22-14-12-21(31-6)13-15-22/h7-15,17-19,28H,16H2,1-6H3,(H,25,27). The number of hydrogen-bond acceptors (Lipinski definition) is 6. The van der Waals surface area contributed by atoms with Gasteiger partial charge in [-0.05, 0) is 64.4 Å². The van der Waals surface area contributed by atoms with Crippen molar-refractivity contribution in [1.29, 1.82) is 0 Å². The maximum Gasteiger partial charge on any atom is 0.267 e. The SMILES string of the molecule is COc1ccc(S(=O)(=O)C(Cc2ccccc2)(C(=O)NO)C(C)N(C(C)C)C(C)C)cc1. The average Bonchev–Trinajstić information content (AvgIpc) is 2.76. The highest BCUT2D eigenvalue weighted by atomic mass is 32.2. The molecular weight excluding hydrogens is 428 g/mol. The predicted molar refractivity (Wildman–Crippen MR) is 125 cm³/mol. The van der Waals surface area contributed by atoms with Crippen LogP contribution in [0.5, 0.6) is 5.75 Å². The van der Waals surface area contributed by atoms with Crippen LogP contribution in [0.25, 0.3) is 0 Å². The van der Waals surface area contributed by atoms with Crippen molar-refractivity contribution in [3.63, 3.8) is 0 Å². The molecule has 2 aromatic carbocycles. The molecule has 0 heterocycles. The van der Waals surface area contributed by atoms with E-state index in [-0.39, 0.29) is 23.4 Å². The maximum absolute atomic E-state index is 14.2. The molecule has 0 saturated carbocycles. The Morgan fingerprint density at radius 2 is 1.53 bits per heavy atom. The van der Waals surface area contributed by atoms with E-state index in [1.807, 2.05) is 38.7 Å². The normalized spacial score (nSPS) is 14.9. The summed E-state index contributed by atoms with van der Waals surface area (Å²) in [5.41, 5.74) is 2.34. The number of carbonyl (C=O) groups is 1. The van der Waals surface area contributed by atoms with Crippen molar-refractivity contribution in [3.05, 3.63) is 60.2 Å². The lowest BCUT2D eigenvalue weighted by Gasteiger charge is -2.46. The molecule has 0 aliphatic carbocycles. The van der Waals surface area contributed by atoms with Crippen LogP contribution >= 0.6 is 0 Å². The van der Waals surface area contributed by atoms with E-state index in [1.54, 1.807) is 48.8 Å². The van der Waals surface area contributed by atoms with E-state index in [0.717, 1.165) is 0 Å². The molecule has 2 atom stereocenters. The molecule has 0 spiro atoms. The summed E-state index contributed by atoms with van der Waals surface area (Å²) in [6.07, 6.45) is -0.105. The van der Waals surface area contributed by atoms with E-state index in [4.69, 9.17) is 4.74 Å². The molecule has 0 radical (unpaired) electrons. The van der Waals surface area contributed by atoms with Crippen LogP contribution in [0, 0.1) is 0 Å². The van der Waals surface area contributed by atoms with Gasteiger partial charge < -0.3 is 4.74 Å². The van der Waals surface area contributed by atoms with E-state index in [1.165, 1.54) is 19.2 Å². The van der Waals surface area contributed by atoms with Crippen LogP contribution in [-0.4, -0.2) is 54.4 Å². The highest BCUT2D eigenvalue weighted by molar-refractivity contribution is 7.93. The summed E-state index contributed by atoms with van der Waals surface area (Å²) in [5, 5.41) is 9.75. The lowest BCUT2D eigenvalue weighted by molar-refractivity contribution is -0.134. The van der Waals surface area contributed by atoms with Crippen LogP contribution in [0.3, 0.4) is 0 Å². The van der Waals surface area contributed by atoms with Gasteiger partial charge in [0.15, 0.2) is 14.6 Å². The highest BCUT2D eigenvalue weighted by Gasteiger charge is 2.57. The summed E-state index contributed by atoms with van der Waals surface area (Å²) in [6.45, 7) is 9.57. The summed E-state index contributed by atoms with van der Waals surface area (Å²) in [7, 11) is -2.78. The third kappa shape index (κ3) is 4.82. The van der Waals surface area contributed by atoms with Crippen LogP contribution in [0.4, 0.5) is 0 Å². The quantitative estimate of drug-likeness (QED) is 0.415. The van der Waals surface area contributed by atoms with E-state index in [9.17, 15) is 18.4 Å². The van der Waals surface area contributed by atoms with Crippen molar-refractivity contribution in [3.8, 4) is 5.75 Å². The molecule has 0 aliphatic rings. The molecule has 32 heavy (non-hydrogen) atoms. The third-order valence-corrected chi connectivity index (χ3v) is 8.48. The van der Waals surface area contributed by atoms with Crippen molar-refractivity contribution in [1.82, 2.24) is 10.4 Å². The van der Waals surface area contributed by atoms with Crippen LogP contribution in [0.1, 0.15) is 40.2 Å². The van der Waals surface area contributed by atoms with Gasteiger partial charge in [-0.1, -0.05) is 30.3 Å². The Labute approximate surface area is 191 Å². The second-order valence-corrected chi connectivity index (χ2v) is 10.7. The van der Waals surface area contributed by atoms with Crippen molar-refractivity contribution < 1.29 is 23.2 Å². The summed E-state index contributed by atoms with van der Waals surface area (Å²) < 4.78 is 31.6. The molecule has 176 valence electrons. The molecule has 7 nitrogen and oxygen atoms in total. The molecule has 0 bridgehead atoms. The van der Waals surface area contributed by atoms with Gasteiger partial charge in [-0.2, -0.15) is 0 Å². The Kier molecular flexibility index (Phi) is 8.45. The largest absolute Gasteiger partial charge is 0.497 e. The zero-order chi connectivity index (χ0) is 24.1. The first kappa shape index (κ1) is 25.8. The topological polar surface area (TPSA) is 95.9 Å². The van der Waals surface area contributed by atoms with Crippen molar-refractivity contribution in [2.24, 2.45) is 0 Å². The molecule has 0 fully saturated rings. The van der Waals surface area contributed by atoms with Gasteiger partial charge in [0.05, 0.1) is 12.0 Å². The van der Waals surface area contributed by atoms with Gasteiger partial charge in [-0.15, -0.1) is 0 Å². The number of ether oxygens (including phenoxy) is 1. The van der Waals surface area contributed by atoms with E-state index < -0.39 is 26.5 Å². The number of benzene rings is 2. The van der Waals surface area contributed by atoms with Crippen LogP contribution in [0.2, 0.25) is 0 Å². The number of hydrogen-bond donors (Lipinski definition) is 2. The smallest absolute Gasteiger partial charge is 0.267 e. The number of nitrogens with zero attached hydrogens (tertiary/aromatic N) is 1. The molecule has 1 amide bonds. The van der Waals surface area contributed by atoms with Gasteiger partial charge in [0, 0.05) is 24.5 Å². The maximum atomic E-state index is 14.2. The van der Waals surface area contributed by atoms with Crippen molar-refractivity contribution in [2.75, 3.05) is 7.11 Å². The fourth-order valence-electron chi connectivity index (χ4n) is 4.55. The van der Waals surface area contributed by atoms with Crippen LogP contribution in [0.15, 0.2) is 59.5 Å². The zero-order valence-corrected chi connectivity index (χ0v) is 20.4. The van der Waals surface area contributed by atoms with E-state index in [2.05, 4.69) is 0 Å². The number of nitrogens with one attached hydrogen (secondary N) is 1. The van der Waals surface area contributed by atoms with Gasteiger partial charge >= 0.3 is 0 Å². The molecule has 2 unspecified atom stereocenters. The van der Waals surface area contributed by atoms with Gasteiger partial charge in [-0.3, -0.25) is 14.9 Å². The number of hydroxylamine groups is 1. The number of amides is 1. The zero-order valence-electron chi connectivity index (χ0n) is 19.6. The van der Waals surface area contributed by atoms with Gasteiger partial charge in [-0.25, -0.2) is 13.9 Å². The predicted octanol–water partition coefficient (Wildman–Crippen LogP) is 3.46. The Morgan fingerprint density at radius 1 is 1.00 bits per heavy atom. The van der Waals surface area contributed by atoms with Gasteiger partial charge in [0.25, 0.3) is 5.91 Å². The molecular formula is C24H34N2O5S. The highest BCUT2D eigenvalue weighted by Crippen LogP contribution is 2.37.